The molecular weight excluding hydrogens is 563 g/mol. The molecule has 2 atom stereocenters. The quantitative estimate of drug-likeness (QED) is 0.150. The second-order valence-electron chi connectivity index (χ2n) is 11.0. The minimum atomic E-state index is -4.64. The Morgan fingerprint density at radius 3 is 1.49 bits per heavy atom. The van der Waals surface area contributed by atoms with Crippen LogP contribution in [0.4, 0.5) is 22.0 Å². The Morgan fingerprint density at radius 1 is 0.628 bits per heavy atom. The number of alkyl halides is 5. The highest BCUT2D eigenvalue weighted by atomic mass is 19.4. The van der Waals surface area contributed by atoms with Crippen molar-refractivity contribution in [2.75, 3.05) is 0 Å². The van der Waals surface area contributed by atoms with Crippen LogP contribution in [-0.4, -0.2) is 27.4 Å². The summed E-state index contributed by atoms with van der Waals surface area (Å²) in [5, 5.41) is 28.3. The summed E-state index contributed by atoms with van der Waals surface area (Å²) in [5.74, 6) is -3.04. The van der Waals surface area contributed by atoms with Gasteiger partial charge in [0.2, 0.25) is 0 Å². The van der Waals surface area contributed by atoms with Gasteiger partial charge in [0.25, 0.3) is 5.92 Å². The van der Waals surface area contributed by atoms with Crippen molar-refractivity contribution < 1.29 is 37.3 Å². The molecule has 0 amide bonds. The average molecular weight is 611 g/mol. The van der Waals surface area contributed by atoms with Gasteiger partial charge in [-0.15, -0.1) is 0 Å². The van der Waals surface area contributed by atoms with Crippen LogP contribution in [0, 0.1) is 20.8 Å². The van der Waals surface area contributed by atoms with Gasteiger partial charge in [0.1, 0.15) is 6.10 Å². The highest BCUT2D eigenvalue weighted by Gasteiger charge is 2.54. The van der Waals surface area contributed by atoms with Crippen LogP contribution >= 0.6 is 0 Å². The number of hydrogen-bond donors (Lipinski definition) is 3. The largest absolute Gasteiger partial charge is 0.421 e. The first kappa shape index (κ1) is 38.2. The van der Waals surface area contributed by atoms with Gasteiger partial charge in [0.05, 0.1) is 6.61 Å². The molecule has 3 rings (SSSR count). The van der Waals surface area contributed by atoms with Gasteiger partial charge in [-0.2, -0.15) is 13.2 Å². The van der Waals surface area contributed by atoms with Crippen molar-refractivity contribution in [2.45, 2.75) is 110 Å². The molecule has 0 aliphatic heterocycles. The standard InChI is InChI=1S/C14H19F3O.C13H18F2O.C8H10O/c1-3-4-5-10-13(18,14(15,16)17)12-8-6-11(2)7-9-12;1-3-4-9-13(14,15)12(16)11-7-5-10(2)6-8-11;1-7-2-4-8(6-9)5-3-7/h6-9,18H,3-5,10H2,1-2H3;5-8,12,16H,3-4,9H2,1-2H3;2-5,9H,6H2,1H3. The zero-order chi connectivity index (χ0) is 32.7. The Bertz CT molecular complexity index is 1160. The number of aliphatic hydroxyl groups is 3. The Balaban J connectivity index is 0.000000339. The van der Waals surface area contributed by atoms with Crippen molar-refractivity contribution in [3.8, 4) is 0 Å². The minimum absolute atomic E-state index is 0.0725. The van der Waals surface area contributed by atoms with E-state index in [9.17, 15) is 32.2 Å². The van der Waals surface area contributed by atoms with E-state index in [1.807, 2.05) is 52.0 Å². The summed E-state index contributed by atoms with van der Waals surface area (Å²) >= 11 is 0. The SMILES string of the molecule is CCCCC(F)(F)C(O)c1ccc(C)cc1.CCCCCC(O)(c1ccc(C)cc1)C(F)(F)F.Cc1ccc(CO)cc1. The number of aryl methyl sites for hydroxylation is 3. The molecule has 0 radical (unpaired) electrons. The van der Waals surface area contributed by atoms with Crippen molar-refractivity contribution in [3.63, 3.8) is 0 Å². The van der Waals surface area contributed by atoms with Gasteiger partial charge in [-0.1, -0.05) is 123 Å². The maximum absolute atomic E-state index is 13.5. The predicted octanol–water partition coefficient (Wildman–Crippen LogP) is 9.67. The average Bonchev–Trinajstić information content (AvgIpc) is 2.97. The van der Waals surface area contributed by atoms with Crippen LogP contribution in [0.3, 0.4) is 0 Å². The van der Waals surface area contributed by atoms with Gasteiger partial charge in [-0.3, -0.25) is 0 Å². The summed E-state index contributed by atoms with van der Waals surface area (Å²) in [6.07, 6.45) is -3.89. The van der Waals surface area contributed by atoms with Crippen LogP contribution in [0.25, 0.3) is 0 Å². The molecule has 0 heterocycles. The van der Waals surface area contributed by atoms with E-state index in [2.05, 4.69) is 0 Å². The molecule has 43 heavy (non-hydrogen) atoms. The third-order valence-corrected chi connectivity index (χ3v) is 7.10. The monoisotopic (exact) mass is 610 g/mol. The zero-order valence-electron chi connectivity index (χ0n) is 25.9. The van der Waals surface area contributed by atoms with Gasteiger partial charge >= 0.3 is 6.18 Å². The molecule has 0 saturated carbocycles. The molecule has 3 N–H and O–H groups in total. The number of halogens is 5. The lowest BCUT2D eigenvalue weighted by Crippen LogP contribution is -2.42. The number of unbranched alkanes of at least 4 members (excludes halogenated alkanes) is 3. The highest BCUT2D eigenvalue weighted by molar-refractivity contribution is 5.28. The molecule has 0 aliphatic carbocycles. The zero-order valence-corrected chi connectivity index (χ0v) is 25.9. The lowest BCUT2D eigenvalue weighted by atomic mass is 9.87. The molecule has 0 fully saturated rings. The maximum atomic E-state index is 13.5. The van der Waals surface area contributed by atoms with Crippen molar-refractivity contribution in [2.24, 2.45) is 0 Å². The molecule has 0 saturated heterocycles. The first-order chi connectivity index (χ1) is 20.1. The Morgan fingerprint density at radius 2 is 1.07 bits per heavy atom. The molecule has 240 valence electrons. The summed E-state index contributed by atoms with van der Waals surface area (Å²) in [4.78, 5) is 0. The van der Waals surface area contributed by atoms with Crippen LogP contribution in [0.1, 0.15) is 98.3 Å². The van der Waals surface area contributed by atoms with E-state index in [1.54, 1.807) is 43.3 Å². The fourth-order valence-corrected chi connectivity index (χ4v) is 4.15. The van der Waals surface area contributed by atoms with E-state index in [0.29, 0.717) is 25.7 Å². The fraction of sp³-hybridized carbons (Fsp3) is 0.486. The highest BCUT2D eigenvalue weighted by Crippen LogP contribution is 2.42. The molecule has 0 aromatic heterocycles. The molecule has 3 aromatic carbocycles. The van der Waals surface area contributed by atoms with Crippen molar-refractivity contribution in [3.05, 3.63) is 106 Å². The summed E-state index contributed by atoms with van der Waals surface area (Å²) < 4.78 is 66.3. The van der Waals surface area contributed by atoms with Crippen LogP contribution < -0.4 is 0 Å². The van der Waals surface area contributed by atoms with E-state index in [0.717, 1.165) is 23.1 Å². The van der Waals surface area contributed by atoms with Crippen LogP contribution in [0.5, 0.6) is 0 Å². The first-order valence-corrected chi connectivity index (χ1v) is 14.8. The molecule has 2 unspecified atom stereocenters. The van der Waals surface area contributed by atoms with Crippen LogP contribution in [0.15, 0.2) is 72.8 Å². The summed E-state index contributed by atoms with van der Waals surface area (Å²) in [6.45, 7) is 9.62. The van der Waals surface area contributed by atoms with E-state index in [1.165, 1.54) is 17.7 Å². The summed E-state index contributed by atoms with van der Waals surface area (Å²) in [6, 6.07) is 20.3. The summed E-state index contributed by atoms with van der Waals surface area (Å²) in [7, 11) is 0. The Kier molecular flexibility index (Phi) is 16.1. The van der Waals surface area contributed by atoms with Crippen LogP contribution in [0.2, 0.25) is 0 Å². The maximum Gasteiger partial charge on any atom is 0.421 e. The molecule has 8 heteroatoms. The topological polar surface area (TPSA) is 60.7 Å². The van der Waals surface area contributed by atoms with Gasteiger partial charge in [-0.25, -0.2) is 8.78 Å². The number of rotatable bonds is 11. The minimum Gasteiger partial charge on any atom is -0.392 e. The molecule has 3 aromatic rings. The second kappa shape index (κ2) is 18.1. The number of aliphatic hydroxyl groups excluding tert-OH is 2. The van der Waals surface area contributed by atoms with Gasteiger partial charge < -0.3 is 15.3 Å². The number of hydrogen-bond acceptors (Lipinski definition) is 3. The van der Waals surface area contributed by atoms with E-state index < -0.39 is 23.8 Å². The molecule has 0 aliphatic rings. The molecule has 0 bridgehead atoms. The molecular formula is C35H47F5O3. The van der Waals surface area contributed by atoms with Gasteiger partial charge in [0.15, 0.2) is 5.60 Å². The smallest absolute Gasteiger partial charge is 0.392 e. The van der Waals surface area contributed by atoms with Crippen molar-refractivity contribution >= 4 is 0 Å². The van der Waals surface area contributed by atoms with Crippen molar-refractivity contribution in [1.82, 2.24) is 0 Å². The molecule has 0 spiro atoms. The predicted molar refractivity (Wildman–Crippen MR) is 163 cm³/mol. The molecule has 3 nitrogen and oxygen atoms in total. The van der Waals surface area contributed by atoms with E-state index in [-0.39, 0.29) is 30.6 Å². The number of benzene rings is 3. The van der Waals surface area contributed by atoms with Crippen LogP contribution in [-0.2, 0) is 12.2 Å². The third kappa shape index (κ3) is 12.8. The van der Waals surface area contributed by atoms with Gasteiger partial charge in [0, 0.05) is 6.42 Å². The lowest BCUT2D eigenvalue weighted by Gasteiger charge is -2.31. The Hall–Kier alpha value is -2.81. The van der Waals surface area contributed by atoms with Crippen molar-refractivity contribution in [1.29, 1.82) is 0 Å². The third-order valence-electron chi connectivity index (χ3n) is 7.10. The van der Waals surface area contributed by atoms with E-state index in [4.69, 9.17) is 5.11 Å². The fourth-order valence-electron chi connectivity index (χ4n) is 4.15. The summed E-state index contributed by atoms with van der Waals surface area (Å²) in [5.41, 5.74) is 1.55. The second-order valence-corrected chi connectivity index (χ2v) is 11.0. The normalized spacial score (nSPS) is 13.6. The Labute approximate surface area is 253 Å². The lowest BCUT2D eigenvalue weighted by molar-refractivity contribution is -0.269. The van der Waals surface area contributed by atoms with E-state index >= 15 is 0 Å². The van der Waals surface area contributed by atoms with Gasteiger partial charge in [-0.05, 0) is 56.7 Å². The first-order valence-electron chi connectivity index (χ1n) is 14.8.